The second-order valence-corrected chi connectivity index (χ2v) is 5.01. The van der Waals surface area contributed by atoms with Gasteiger partial charge < -0.3 is 10.4 Å². The second-order valence-electron chi connectivity index (χ2n) is 5.01. The first-order chi connectivity index (χ1) is 8.58. The van der Waals surface area contributed by atoms with E-state index in [0.29, 0.717) is 17.6 Å². The largest absolute Gasteiger partial charge is 0.478 e. The molecule has 2 N–H and O–H groups in total. The molecular formula is C14H18FNO2. The maximum Gasteiger partial charge on any atom is 0.338 e. The Morgan fingerprint density at radius 1 is 1.39 bits per heavy atom. The van der Waals surface area contributed by atoms with Gasteiger partial charge >= 0.3 is 5.97 Å². The molecule has 1 fully saturated rings. The number of carbonyl (C=O) groups is 1. The number of hydrogen-bond acceptors (Lipinski definition) is 2. The summed E-state index contributed by atoms with van der Waals surface area (Å²) in [4.78, 5) is 10.7. The van der Waals surface area contributed by atoms with Crippen LogP contribution in [-0.2, 0) is 0 Å². The number of nitrogens with one attached hydrogen (secondary N) is 1. The zero-order valence-corrected chi connectivity index (χ0v) is 10.4. The second kappa shape index (κ2) is 5.38. The van der Waals surface area contributed by atoms with Gasteiger partial charge in [-0.2, -0.15) is 0 Å². The number of rotatable bonds is 3. The molecule has 0 saturated heterocycles. The van der Waals surface area contributed by atoms with E-state index in [2.05, 4.69) is 12.2 Å². The molecule has 2 unspecified atom stereocenters. The first kappa shape index (κ1) is 12.9. The van der Waals surface area contributed by atoms with Crippen LogP contribution >= 0.6 is 0 Å². The average molecular weight is 251 g/mol. The van der Waals surface area contributed by atoms with E-state index in [1.54, 1.807) is 6.07 Å². The molecular weight excluding hydrogens is 233 g/mol. The van der Waals surface area contributed by atoms with Gasteiger partial charge in [0.2, 0.25) is 0 Å². The zero-order chi connectivity index (χ0) is 13.1. The van der Waals surface area contributed by atoms with Crippen LogP contribution in [0.4, 0.5) is 10.1 Å². The summed E-state index contributed by atoms with van der Waals surface area (Å²) in [7, 11) is 0. The van der Waals surface area contributed by atoms with Crippen LogP contribution in [-0.4, -0.2) is 17.1 Å². The van der Waals surface area contributed by atoms with Crippen molar-refractivity contribution >= 4 is 11.7 Å². The normalized spacial score (nSPS) is 23.7. The highest BCUT2D eigenvalue weighted by Crippen LogP contribution is 2.27. The van der Waals surface area contributed by atoms with Gasteiger partial charge in [-0.05, 0) is 37.0 Å². The first-order valence-corrected chi connectivity index (χ1v) is 6.37. The van der Waals surface area contributed by atoms with Crippen molar-refractivity contribution in [2.75, 3.05) is 5.32 Å². The summed E-state index contributed by atoms with van der Waals surface area (Å²) in [6.45, 7) is 2.19. The van der Waals surface area contributed by atoms with Gasteiger partial charge in [0.15, 0.2) is 0 Å². The molecule has 0 amide bonds. The fourth-order valence-electron chi connectivity index (χ4n) is 2.52. The van der Waals surface area contributed by atoms with Crippen molar-refractivity contribution in [1.82, 2.24) is 0 Å². The average Bonchev–Trinajstić information content (AvgIpc) is 2.32. The monoisotopic (exact) mass is 251 g/mol. The predicted molar refractivity (Wildman–Crippen MR) is 68.4 cm³/mol. The minimum Gasteiger partial charge on any atom is -0.478 e. The molecule has 0 aromatic heterocycles. The number of benzene rings is 1. The quantitative estimate of drug-likeness (QED) is 0.864. The van der Waals surface area contributed by atoms with Gasteiger partial charge in [-0.25, -0.2) is 9.18 Å². The van der Waals surface area contributed by atoms with Gasteiger partial charge in [0.25, 0.3) is 0 Å². The van der Waals surface area contributed by atoms with E-state index in [0.717, 1.165) is 6.42 Å². The minimum atomic E-state index is -1.23. The number of anilines is 1. The zero-order valence-electron chi connectivity index (χ0n) is 10.4. The molecule has 0 spiro atoms. The van der Waals surface area contributed by atoms with Crippen LogP contribution < -0.4 is 5.32 Å². The lowest BCUT2D eigenvalue weighted by Crippen LogP contribution is -2.30. The van der Waals surface area contributed by atoms with Crippen molar-refractivity contribution in [1.29, 1.82) is 0 Å². The van der Waals surface area contributed by atoms with E-state index in [4.69, 9.17) is 5.11 Å². The standard InChI is InChI=1S/C14H18FNO2/c1-9-4-2-3-5-13(9)16-10-6-7-11(14(17)18)12(15)8-10/h6-9,13,16H,2-5H2,1H3,(H,17,18). The van der Waals surface area contributed by atoms with Gasteiger partial charge in [-0.3, -0.25) is 0 Å². The van der Waals surface area contributed by atoms with Crippen molar-refractivity contribution in [2.45, 2.75) is 38.6 Å². The summed E-state index contributed by atoms with van der Waals surface area (Å²) in [6, 6.07) is 4.57. The van der Waals surface area contributed by atoms with E-state index < -0.39 is 11.8 Å². The number of carboxylic acids is 1. The van der Waals surface area contributed by atoms with Gasteiger partial charge in [-0.15, -0.1) is 0 Å². The van der Waals surface area contributed by atoms with Crippen molar-refractivity contribution in [2.24, 2.45) is 5.92 Å². The number of halogens is 1. The molecule has 4 heteroatoms. The van der Waals surface area contributed by atoms with Gasteiger partial charge in [0.05, 0.1) is 5.56 Å². The molecule has 18 heavy (non-hydrogen) atoms. The van der Waals surface area contributed by atoms with Crippen LogP contribution in [0.25, 0.3) is 0 Å². The molecule has 2 rings (SSSR count). The molecule has 3 nitrogen and oxygen atoms in total. The van der Waals surface area contributed by atoms with Crippen LogP contribution in [0.1, 0.15) is 43.0 Å². The van der Waals surface area contributed by atoms with E-state index in [-0.39, 0.29) is 5.56 Å². The van der Waals surface area contributed by atoms with Gasteiger partial charge in [-0.1, -0.05) is 19.8 Å². The Morgan fingerprint density at radius 2 is 2.11 bits per heavy atom. The lowest BCUT2D eigenvalue weighted by Gasteiger charge is -2.30. The summed E-state index contributed by atoms with van der Waals surface area (Å²) < 4.78 is 13.5. The van der Waals surface area contributed by atoms with E-state index in [9.17, 15) is 9.18 Å². The van der Waals surface area contributed by atoms with Crippen molar-refractivity contribution in [3.05, 3.63) is 29.6 Å². The first-order valence-electron chi connectivity index (χ1n) is 6.37. The lowest BCUT2D eigenvalue weighted by molar-refractivity contribution is 0.0692. The number of carboxylic acid groups (broad SMARTS) is 1. The van der Waals surface area contributed by atoms with Crippen LogP contribution in [0.5, 0.6) is 0 Å². The molecule has 98 valence electrons. The Labute approximate surface area is 106 Å². The predicted octanol–water partition coefficient (Wildman–Crippen LogP) is 3.51. The number of aromatic carboxylic acids is 1. The molecule has 1 aromatic carbocycles. The van der Waals surface area contributed by atoms with Crippen LogP contribution in [0.15, 0.2) is 18.2 Å². The summed E-state index contributed by atoms with van der Waals surface area (Å²) in [5, 5.41) is 12.1. The maximum atomic E-state index is 13.5. The van der Waals surface area contributed by atoms with Crippen LogP contribution in [0.3, 0.4) is 0 Å². The molecule has 0 radical (unpaired) electrons. The summed E-state index contributed by atoms with van der Waals surface area (Å²) >= 11 is 0. The molecule has 0 bridgehead atoms. The highest BCUT2D eigenvalue weighted by molar-refractivity contribution is 5.88. The fraction of sp³-hybridized carbons (Fsp3) is 0.500. The SMILES string of the molecule is CC1CCCCC1Nc1ccc(C(=O)O)c(F)c1. The van der Waals surface area contributed by atoms with Crippen molar-refractivity contribution in [3.63, 3.8) is 0 Å². The Kier molecular flexibility index (Phi) is 3.84. The Bertz CT molecular complexity index is 447. The van der Waals surface area contributed by atoms with Crippen molar-refractivity contribution in [3.8, 4) is 0 Å². The van der Waals surface area contributed by atoms with Gasteiger partial charge in [0, 0.05) is 11.7 Å². The highest BCUT2D eigenvalue weighted by Gasteiger charge is 2.21. The fourth-order valence-corrected chi connectivity index (χ4v) is 2.52. The third kappa shape index (κ3) is 2.81. The summed E-state index contributed by atoms with van der Waals surface area (Å²) in [6.07, 6.45) is 4.72. The van der Waals surface area contributed by atoms with Crippen LogP contribution in [0.2, 0.25) is 0 Å². The minimum absolute atomic E-state index is 0.280. The Hall–Kier alpha value is -1.58. The lowest BCUT2D eigenvalue weighted by atomic mass is 9.86. The van der Waals surface area contributed by atoms with Crippen LogP contribution in [0, 0.1) is 11.7 Å². The molecule has 1 aliphatic carbocycles. The van der Waals surface area contributed by atoms with E-state index in [1.165, 1.54) is 31.4 Å². The summed E-state index contributed by atoms with van der Waals surface area (Å²) in [5.74, 6) is -1.35. The van der Waals surface area contributed by atoms with Gasteiger partial charge in [0.1, 0.15) is 5.82 Å². The van der Waals surface area contributed by atoms with Crippen molar-refractivity contribution < 1.29 is 14.3 Å². The topological polar surface area (TPSA) is 49.3 Å². The third-order valence-electron chi connectivity index (χ3n) is 3.66. The third-order valence-corrected chi connectivity index (χ3v) is 3.66. The summed E-state index contributed by atoms with van der Waals surface area (Å²) in [5.41, 5.74) is 0.383. The Balaban J connectivity index is 2.10. The maximum absolute atomic E-state index is 13.5. The number of hydrogen-bond donors (Lipinski definition) is 2. The Morgan fingerprint density at radius 3 is 2.72 bits per heavy atom. The highest BCUT2D eigenvalue weighted by atomic mass is 19.1. The van der Waals surface area contributed by atoms with E-state index in [1.807, 2.05) is 0 Å². The molecule has 2 atom stereocenters. The molecule has 0 aliphatic heterocycles. The molecule has 0 heterocycles. The molecule has 1 saturated carbocycles. The smallest absolute Gasteiger partial charge is 0.338 e. The van der Waals surface area contributed by atoms with E-state index >= 15 is 0 Å². The molecule has 1 aliphatic rings. The molecule has 1 aromatic rings.